The van der Waals surface area contributed by atoms with Crippen molar-refractivity contribution < 1.29 is 9.94 Å². The van der Waals surface area contributed by atoms with E-state index in [1.54, 1.807) is 6.07 Å². The van der Waals surface area contributed by atoms with Gasteiger partial charge in [-0.15, -0.1) is 0 Å². The number of amidine groups is 1. The third-order valence-electron chi connectivity index (χ3n) is 2.13. The second kappa shape index (κ2) is 6.17. The molecule has 5 nitrogen and oxygen atoms in total. The number of hydrogen-bond donors (Lipinski definition) is 2. The van der Waals surface area contributed by atoms with Gasteiger partial charge < -0.3 is 20.2 Å². The fourth-order valence-electron chi connectivity index (χ4n) is 1.37. The second-order valence-electron chi connectivity index (χ2n) is 4.04. The zero-order valence-electron chi connectivity index (χ0n) is 9.76. The van der Waals surface area contributed by atoms with Gasteiger partial charge in [0.05, 0.1) is 12.3 Å². The van der Waals surface area contributed by atoms with Gasteiger partial charge in [0.25, 0.3) is 0 Å². The van der Waals surface area contributed by atoms with Crippen molar-refractivity contribution in [3.8, 4) is 0 Å². The van der Waals surface area contributed by atoms with Crippen molar-refractivity contribution >= 4 is 5.84 Å². The number of rotatable bonds is 6. The van der Waals surface area contributed by atoms with E-state index in [0.717, 1.165) is 6.61 Å². The van der Waals surface area contributed by atoms with Gasteiger partial charge in [-0.2, -0.15) is 0 Å². The van der Waals surface area contributed by atoms with Gasteiger partial charge in [-0.1, -0.05) is 19.0 Å². The van der Waals surface area contributed by atoms with Crippen molar-refractivity contribution in [2.45, 2.75) is 20.4 Å². The zero-order valence-corrected chi connectivity index (χ0v) is 9.76. The molecule has 1 rings (SSSR count). The zero-order chi connectivity index (χ0) is 12.0. The molecule has 1 aromatic heterocycles. The Kier molecular flexibility index (Phi) is 4.85. The number of oxime groups is 1. The average molecular weight is 225 g/mol. The van der Waals surface area contributed by atoms with Crippen molar-refractivity contribution in [3.05, 3.63) is 24.0 Å². The minimum atomic E-state index is 0.119. The fraction of sp³-hybridized carbons (Fsp3) is 0.545. The van der Waals surface area contributed by atoms with Gasteiger partial charge in [-0.05, 0) is 18.1 Å². The van der Waals surface area contributed by atoms with Crippen LogP contribution in [0.25, 0.3) is 0 Å². The van der Waals surface area contributed by atoms with Gasteiger partial charge in [0.1, 0.15) is 0 Å². The highest BCUT2D eigenvalue weighted by Crippen LogP contribution is 2.02. The SMILES string of the molecule is CC(C)COCCn1cccc1/C(N)=N/O. The van der Waals surface area contributed by atoms with Gasteiger partial charge >= 0.3 is 0 Å². The molecule has 0 fully saturated rings. The monoisotopic (exact) mass is 225 g/mol. The summed E-state index contributed by atoms with van der Waals surface area (Å²) in [5.41, 5.74) is 6.23. The minimum absolute atomic E-state index is 0.119. The first-order valence-corrected chi connectivity index (χ1v) is 5.36. The predicted octanol–water partition coefficient (Wildman–Crippen LogP) is 1.26. The summed E-state index contributed by atoms with van der Waals surface area (Å²) in [5, 5.41) is 11.6. The lowest BCUT2D eigenvalue weighted by molar-refractivity contribution is 0.103. The molecule has 1 aromatic rings. The quantitative estimate of drug-likeness (QED) is 0.252. The molecule has 3 N–H and O–H groups in total. The first-order chi connectivity index (χ1) is 7.65. The lowest BCUT2D eigenvalue weighted by Gasteiger charge is -2.10. The van der Waals surface area contributed by atoms with Crippen molar-refractivity contribution in [3.63, 3.8) is 0 Å². The average Bonchev–Trinajstić information content (AvgIpc) is 2.71. The molecular formula is C11H19N3O2. The third-order valence-corrected chi connectivity index (χ3v) is 2.13. The Morgan fingerprint density at radius 3 is 3.00 bits per heavy atom. The first kappa shape index (κ1) is 12.6. The number of nitrogens with two attached hydrogens (primary N) is 1. The lowest BCUT2D eigenvalue weighted by atomic mass is 10.2. The summed E-state index contributed by atoms with van der Waals surface area (Å²) in [6.07, 6.45) is 1.88. The highest BCUT2D eigenvalue weighted by molar-refractivity contribution is 5.95. The number of hydrogen-bond acceptors (Lipinski definition) is 3. The van der Waals surface area contributed by atoms with Crippen LogP contribution in [0.15, 0.2) is 23.5 Å². The normalized spacial score (nSPS) is 12.3. The smallest absolute Gasteiger partial charge is 0.186 e. The van der Waals surface area contributed by atoms with Crippen LogP contribution in [0.5, 0.6) is 0 Å². The molecule has 0 aromatic carbocycles. The van der Waals surface area contributed by atoms with E-state index < -0.39 is 0 Å². The van der Waals surface area contributed by atoms with E-state index in [1.807, 2.05) is 16.8 Å². The maximum Gasteiger partial charge on any atom is 0.186 e. The third kappa shape index (κ3) is 3.58. The summed E-state index contributed by atoms with van der Waals surface area (Å²) in [6, 6.07) is 3.66. The highest BCUT2D eigenvalue weighted by Gasteiger charge is 2.05. The Hall–Kier alpha value is -1.49. The van der Waals surface area contributed by atoms with Gasteiger partial charge in [0.15, 0.2) is 5.84 Å². The Bertz CT molecular complexity index is 345. The van der Waals surface area contributed by atoms with Gasteiger partial charge in [-0.25, -0.2) is 0 Å². The van der Waals surface area contributed by atoms with E-state index in [1.165, 1.54) is 0 Å². The van der Waals surface area contributed by atoms with Crippen molar-refractivity contribution in [1.82, 2.24) is 4.57 Å². The summed E-state index contributed by atoms with van der Waals surface area (Å²) in [6.45, 7) is 6.29. The molecule has 0 unspecified atom stereocenters. The molecule has 16 heavy (non-hydrogen) atoms. The summed E-state index contributed by atoms with van der Waals surface area (Å²) in [7, 11) is 0. The molecule has 0 aliphatic rings. The number of ether oxygens (including phenoxy) is 1. The van der Waals surface area contributed by atoms with Crippen LogP contribution in [0.1, 0.15) is 19.5 Å². The highest BCUT2D eigenvalue weighted by atomic mass is 16.5. The van der Waals surface area contributed by atoms with Crippen molar-refractivity contribution in [2.24, 2.45) is 16.8 Å². The maximum absolute atomic E-state index is 8.59. The molecule has 90 valence electrons. The predicted molar refractivity (Wildman–Crippen MR) is 62.6 cm³/mol. The van der Waals surface area contributed by atoms with Crippen LogP contribution in [-0.2, 0) is 11.3 Å². The Morgan fingerprint density at radius 1 is 1.62 bits per heavy atom. The largest absolute Gasteiger partial charge is 0.409 e. The summed E-state index contributed by atoms with van der Waals surface area (Å²) < 4.78 is 7.37. The molecular weight excluding hydrogens is 206 g/mol. The molecule has 1 heterocycles. The van der Waals surface area contributed by atoms with E-state index in [-0.39, 0.29) is 5.84 Å². The molecule has 0 amide bonds. The minimum Gasteiger partial charge on any atom is -0.409 e. The van der Waals surface area contributed by atoms with Crippen molar-refractivity contribution in [2.75, 3.05) is 13.2 Å². The van der Waals surface area contributed by atoms with E-state index in [4.69, 9.17) is 15.7 Å². The summed E-state index contributed by atoms with van der Waals surface area (Å²) in [5.74, 6) is 0.655. The van der Waals surface area contributed by atoms with E-state index in [9.17, 15) is 0 Å². The van der Waals surface area contributed by atoms with Crippen LogP contribution < -0.4 is 5.73 Å². The number of aromatic nitrogens is 1. The molecule has 0 saturated heterocycles. The van der Waals surface area contributed by atoms with Crippen LogP contribution in [-0.4, -0.2) is 28.8 Å². The first-order valence-electron chi connectivity index (χ1n) is 5.36. The van der Waals surface area contributed by atoms with Crippen LogP contribution >= 0.6 is 0 Å². The van der Waals surface area contributed by atoms with Gasteiger partial charge in [-0.3, -0.25) is 0 Å². The molecule has 0 radical (unpaired) electrons. The summed E-state index contributed by atoms with van der Waals surface area (Å²) >= 11 is 0. The van der Waals surface area contributed by atoms with Crippen LogP contribution in [0.3, 0.4) is 0 Å². The van der Waals surface area contributed by atoms with Crippen molar-refractivity contribution in [1.29, 1.82) is 0 Å². The van der Waals surface area contributed by atoms with Crippen LogP contribution in [0, 0.1) is 5.92 Å². The lowest BCUT2D eigenvalue weighted by Crippen LogP contribution is -2.19. The van der Waals surface area contributed by atoms with Crippen LogP contribution in [0.2, 0.25) is 0 Å². The summed E-state index contributed by atoms with van der Waals surface area (Å²) in [4.78, 5) is 0. The molecule has 5 heteroatoms. The second-order valence-corrected chi connectivity index (χ2v) is 4.04. The van der Waals surface area contributed by atoms with E-state index in [2.05, 4.69) is 19.0 Å². The Balaban J connectivity index is 2.45. The van der Waals surface area contributed by atoms with Gasteiger partial charge in [0.2, 0.25) is 0 Å². The molecule has 0 saturated carbocycles. The standard InChI is InChI=1S/C11H19N3O2/c1-9(2)8-16-7-6-14-5-3-4-10(14)11(12)13-15/h3-5,9,15H,6-8H2,1-2H3,(H2,12,13). The molecule has 0 aliphatic heterocycles. The van der Waals surface area contributed by atoms with E-state index >= 15 is 0 Å². The molecule has 0 spiro atoms. The molecule has 0 aliphatic carbocycles. The molecule has 0 bridgehead atoms. The van der Waals surface area contributed by atoms with Gasteiger partial charge in [0, 0.05) is 19.3 Å². The Morgan fingerprint density at radius 2 is 2.38 bits per heavy atom. The fourth-order valence-corrected chi connectivity index (χ4v) is 1.37. The molecule has 0 atom stereocenters. The Labute approximate surface area is 95.5 Å². The maximum atomic E-state index is 8.59. The number of nitrogens with zero attached hydrogens (tertiary/aromatic N) is 2. The van der Waals surface area contributed by atoms with Crippen LogP contribution in [0.4, 0.5) is 0 Å². The topological polar surface area (TPSA) is 72.8 Å². The van der Waals surface area contributed by atoms with E-state index in [0.29, 0.717) is 24.8 Å².